The third-order valence-electron chi connectivity index (χ3n) is 5.36. The van der Waals surface area contributed by atoms with Crippen molar-refractivity contribution in [1.29, 1.82) is 0 Å². The van der Waals surface area contributed by atoms with Crippen molar-refractivity contribution < 1.29 is 17.9 Å². The normalized spacial score (nSPS) is 19.1. The van der Waals surface area contributed by atoms with E-state index >= 15 is 0 Å². The minimum Gasteiger partial charge on any atom is -0.489 e. The lowest BCUT2D eigenvalue weighted by Gasteiger charge is -2.33. The summed E-state index contributed by atoms with van der Waals surface area (Å²) in [6, 6.07) is 22.5. The van der Waals surface area contributed by atoms with Crippen LogP contribution in [0, 0.1) is 0 Å². The second-order valence-electron chi connectivity index (χ2n) is 7.45. The predicted octanol–water partition coefficient (Wildman–Crippen LogP) is 4.28. The van der Waals surface area contributed by atoms with Gasteiger partial charge in [-0.3, -0.25) is 0 Å². The highest BCUT2D eigenvalue weighted by Crippen LogP contribution is 2.38. The Morgan fingerprint density at radius 2 is 1.73 bits per heavy atom. The molecule has 1 fully saturated rings. The highest BCUT2D eigenvalue weighted by Gasteiger charge is 2.37. The first-order valence-electron chi connectivity index (χ1n) is 9.96. The molecule has 154 valence electrons. The summed E-state index contributed by atoms with van der Waals surface area (Å²) >= 11 is 0. The molecule has 1 atom stereocenters. The Morgan fingerprint density at radius 3 is 2.60 bits per heavy atom. The van der Waals surface area contributed by atoms with E-state index in [1.807, 2.05) is 60.7 Å². The number of benzene rings is 3. The van der Waals surface area contributed by atoms with Gasteiger partial charge >= 0.3 is 0 Å². The Morgan fingerprint density at radius 1 is 0.933 bits per heavy atom. The molecule has 2 aliphatic rings. The maximum Gasteiger partial charge on any atom is 0.244 e. The van der Waals surface area contributed by atoms with Crippen molar-refractivity contribution in [3.8, 4) is 17.2 Å². The summed E-state index contributed by atoms with van der Waals surface area (Å²) in [6.07, 6.45) is 1.65. The Labute approximate surface area is 176 Å². The van der Waals surface area contributed by atoms with Crippen molar-refractivity contribution in [2.24, 2.45) is 0 Å². The second kappa shape index (κ2) is 7.66. The number of ether oxygens (including phenoxy) is 2. The number of nitrogens with one attached hydrogen (secondary N) is 1. The van der Waals surface area contributed by atoms with E-state index in [1.54, 1.807) is 12.1 Å². The molecule has 2 aliphatic heterocycles. The van der Waals surface area contributed by atoms with Gasteiger partial charge in [0.05, 0.1) is 11.9 Å². The average molecular weight is 423 g/mol. The third kappa shape index (κ3) is 3.74. The van der Waals surface area contributed by atoms with Gasteiger partial charge in [0.15, 0.2) is 0 Å². The summed E-state index contributed by atoms with van der Waals surface area (Å²) in [7, 11) is -3.55. The van der Waals surface area contributed by atoms with E-state index in [2.05, 4.69) is 9.62 Å². The minimum atomic E-state index is -3.55. The first-order chi connectivity index (χ1) is 14.6. The van der Waals surface area contributed by atoms with Gasteiger partial charge in [0.2, 0.25) is 10.0 Å². The molecular weight excluding hydrogens is 400 g/mol. The maximum atomic E-state index is 12.7. The SMILES string of the molecule is O=S1(=O)NC2CCCN2c2ccc(Oc3cccc(OCc4ccccc4)c3)cc21. The van der Waals surface area contributed by atoms with Crippen molar-refractivity contribution in [2.75, 3.05) is 11.4 Å². The highest BCUT2D eigenvalue weighted by atomic mass is 32.2. The lowest BCUT2D eigenvalue weighted by molar-refractivity contribution is 0.304. The Bertz CT molecular complexity index is 1160. The number of anilines is 1. The molecule has 0 saturated carbocycles. The summed E-state index contributed by atoms with van der Waals surface area (Å²) in [5, 5.41) is 0. The van der Waals surface area contributed by atoms with Crippen LogP contribution in [0.25, 0.3) is 0 Å². The molecule has 0 bridgehead atoms. The van der Waals surface area contributed by atoms with Gasteiger partial charge in [-0.15, -0.1) is 0 Å². The van der Waals surface area contributed by atoms with Gasteiger partial charge in [-0.2, -0.15) is 4.72 Å². The zero-order valence-corrected chi connectivity index (χ0v) is 17.1. The van der Waals surface area contributed by atoms with Crippen molar-refractivity contribution in [3.05, 3.63) is 78.4 Å². The smallest absolute Gasteiger partial charge is 0.244 e. The van der Waals surface area contributed by atoms with Crippen LogP contribution in [0.4, 0.5) is 5.69 Å². The molecule has 1 N–H and O–H groups in total. The van der Waals surface area contributed by atoms with Crippen LogP contribution < -0.4 is 19.1 Å². The van der Waals surface area contributed by atoms with Gasteiger partial charge in [-0.05, 0) is 42.7 Å². The maximum absolute atomic E-state index is 12.7. The summed E-state index contributed by atoms with van der Waals surface area (Å²) in [6.45, 7) is 1.31. The molecule has 0 aromatic heterocycles. The Hall–Kier alpha value is -3.03. The summed E-state index contributed by atoms with van der Waals surface area (Å²) in [5.74, 6) is 1.74. The molecule has 3 aromatic carbocycles. The zero-order valence-electron chi connectivity index (χ0n) is 16.3. The molecule has 3 aromatic rings. The van der Waals surface area contributed by atoms with Gasteiger partial charge in [0.25, 0.3) is 0 Å². The van der Waals surface area contributed by atoms with Crippen molar-refractivity contribution in [3.63, 3.8) is 0 Å². The zero-order chi connectivity index (χ0) is 20.6. The van der Waals surface area contributed by atoms with Crippen molar-refractivity contribution >= 4 is 15.7 Å². The largest absolute Gasteiger partial charge is 0.489 e. The van der Waals surface area contributed by atoms with Crippen LogP contribution in [-0.4, -0.2) is 21.1 Å². The number of hydrogen-bond donors (Lipinski definition) is 1. The topological polar surface area (TPSA) is 67.9 Å². The van der Waals surface area contributed by atoms with Crippen molar-refractivity contribution in [2.45, 2.75) is 30.5 Å². The number of hydrogen-bond acceptors (Lipinski definition) is 5. The summed E-state index contributed by atoms with van der Waals surface area (Å²) < 4.78 is 39.9. The van der Waals surface area contributed by atoms with Gasteiger partial charge in [-0.25, -0.2) is 8.42 Å². The molecule has 0 aliphatic carbocycles. The second-order valence-corrected chi connectivity index (χ2v) is 9.14. The van der Waals surface area contributed by atoms with Crippen LogP contribution in [0.2, 0.25) is 0 Å². The van der Waals surface area contributed by atoms with Gasteiger partial charge < -0.3 is 14.4 Å². The minimum absolute atomic E-state index is 0.146. The van der Waals surface area contributed by atoms with Gasteiger partial charge in [0, 0.05) is 18.7 Å². The molecule has 30 heavy (non-hydrogen) atoms. The molecule has 2 heterocycles. The molecule has 6 nitrogen and oxygen atoms in total. The van der Waals surface area contributed by atoms with E-state index in [9.17, 15) is 8.42 Å². The quantitative estimate of drug-likeness (QED) is 0.665. The van der Waals surface area contributed by atoms with Crippen molar-refractivity contribution in [1.82, 2.24) is 4.72 Å². The molecule has 1 unspecified atom stereocenters. The summed E-state index contributed by atoms with van der Waals surface area (Å²) in [5.41, 5.74) is 1.82. The third-order valence-corrected chi connectivity index (χ3v) is 6.85. The standard InChI is InChI=1S/C23H22N2O4S/c26-30(27)22-15-20(11-12-21(22)25-13-5-10-23(25)24-30)29-19-9-4-8-18(14-19)28-16-17-6-2-1-3-7-17/h1-4,6-9,11-12,14-15,23-24H,5,10,13,16H2. The van der Waals surface area contributed by atoms with Crippen LogP contribution in [0.15, 0.2) is 77.7 Å². The van der Waals surface area contributed by atoms with E-state index in [1.165, 1.54) is 0 Å². The highest BCUT2D eigenvalue weighted by molar-refractivity contribution is 7.89. The van der Waals surface area contributed by atoms with Crippen LogP contribution >= 0.6 is 0 Å². The van der Waals surface area contributed by atoms with Crippen LogP contribution in [0.5, 0.6) is 17.2 Å². The number of nitrogens with zero attached hydrogens (tertiary/aromatic N) is 1. The fourth-order valence-corrected chi connectivity index (χ4v) is 5.40. The summed E-state index contributed by atoms with van der Waals surface area (Å²) in [4.78, 5) is 2.37. The van der Waals surface area contributed by atoms with Crippen LogP contribution in [0.3, 0.4) is 0 Å². The predicted molar refractivity (Wildman–Crippen MR) is 114 cm³/mol. The number of fused-ring (bicyclic) bond motifs is 3. The van der Waals surface area contributed by atoms with Crippen LogP contribution in [-0.2, 0) is 16.6 Å². The van der Waals surface area contributed by atoms with E-state index < -0.39 is 10.0 Å². The molecule has 0 spiro atoms. The molecule has 7 heteroatoms. The number of sulfonamides is 1. The Kier molecular flexibility index (Phi) is 4.84. The fourth-order valence-electron chi connectivity index (χ4n) is 3.94. The monoisotopic (exact) mass is 422 g/mol. The number of rotatable bonds is 5. The fraction of sp³-hybridized carbons (Fsp3) is 0.217. The van der Waals surface area contributed by atoms with Gasteiger partial charge in [-0.1, -0.05) is 36.4 Å². The molecule has 0 amide bonds. The van der Waals surface area contributed by atoms with Crippen LogP contribution in [0.1, 0.15) is 18.4 Å². The molecule has 5 rings (SSSR count). The van der Waals surface area contributed by atoms with E-state index in [4.69, 9.17) is 9.47 Å². The molecule has 1 saturated heterocycles. The first-order valence-corrected chi connectivity index (χ1v) is 11.4. The lowest BCUT2D eigenvalue weighted by Crippen LogP contribution is -2.48. The van der Waals surface area contributed by atoms with E-state index in [0.717, 1.165) is 30.6 Å². The molecular formula is C23H22N2O4S. The lowest BCUT2D eigenvalue weighted by atomic mass is 10.2. The van der Waals surface area contributed by atoms with E-state index in [0.29, 0.717) is 23.9 Å². The van der Waals surface area contributed by atoms with E-state index in [-0.39, 0.29) is 11.1 Å². The Balaban J connectivity index is 1.35. The average Bonchev–Trinajstić information content (AvgIpc) is 3.21. The first kappa shape index (κ1) is 19.0. The molecule has 0 radical (unpaired) electrons. The van der Waals surface area contributed by atoms with Gasteiger partial charge in [0.1, 0.15) is 28.8 Å².